The van der Waals surface area contributed by atoms with Gasteiger partial charge in [0.1, 0.15) is 11.3 Å². The van der Waals surface area contributed by atoms with Gasteiger partial charge in [-0.05, 0) is 66.4 Å². The molecule has 1 aliphatic rings. The molecule has 224 valence electrons. The first-order valence-corrected chi connectivity index (χ1v) is 14.0. The van der Waals surface area contributed by atoms with Crippen molar-refractivity contribution >= 4 is 34.5 Å². The van der Waals surface area contributed by atoms with Crippen LogP contribution in [0.3, 0.4) is 0 Å². The molecule has 0 radical (unpaired) electrons. The SMILES string of the molecule is C=C(F)C(=O)Nc1cn(C)nc1C(=O)NC1CCc2cc(-n3c(-c4cccnc4N)nc4ccc(-n5cccn5)nc43)ccc21. The van der Waals surface area contributed by atoms with Gasteiger partial charge in [0.25, 0.3) is 11.8 Å². The number of halogens is 1. The zero-order valence-corrected chi connectivity index (χ0v) is 24.0. The molecule has 2 amide bonds. The maximum Gasteiger partial charge on any atom is 0.283 e. The summed E-state index contributed by atoms with van der Waals surface area (Å²) in [6.07, 6.45) is 7.91. The second-order valence-corrected chi connectivity index (χ2v) is 10.5. The molecule has 1 aliphatic carbocycles. The molecule has 7 rings (SSSR count). The van der Waals surface area contributed by atoms with Crippen molar-refractivity contribution in [2.45, 2.75) is 18.9 Å². The summed E-state index contributed by atoms with van der Waals surface area (Å²) in [5.41, 5.74) is 11.1. The number of aromatic nitrogens is 8. The van der Waals surface area contributed by atoms with E-state index < -0.39 is 17.6 Å². The fourth-order valence-electron chi connectivity index (χ4n) is 5.57. The Hall–Kier alpha value is -6.18. The van der Waals surface area contributed by atoms with Crippen LogP contribution < -0.4 is 16.4 Å². The van der Waals surface area contributed by atoms with Crippen molar-refractivity contribution in [1.29, 1.82) is 0 Å². The zero-order chi connectivity index (χ0) is 31.2. The van der Waals surface area contributed by atoms with E-state index in [1.807, 2.05) is 47.2 Å². The Morgan fingerprint density at radius 3 is 2.76 bits per heavy atom. The second kappa shape index (κ2) is 10.8. The fraction of sp³-hybridized carbons (Fsp3) is 0.129. The van der Waals surface area contributed by atoms with Gasteiger partial charge < -0.3 is 16.4 Å². The largest absolute Gasteiger partial charge is 0.383 e. The average molecular weight is 604 g/mol. The number of imidazole rings is 1. The molecule has 1 unspecified atom stereocenters. The first-order valence-electron chi connectivity index (χ1n) is 14.0. The van der Waals surface area contributed by atoms with Crippen molar-refractivity contribution in [2.75, 3.05) is 11.1 Å². The molecule has 0 fully saturated rings. The van der Waals surface area contributed by atoms with Crippen LogP contribution in [0.15, 0.2) is 85.7 Å². The molecule has 5 heterocycles. The van der Waals surface area contributed by atoms with Gasteiger partial charge in [-0.15, -0.1) is 0 Å². The van der Waals surface area contributed by atoms with Crippen LogP contribution in [0.25, 0.3) is 34.1 Å². The zero-order valence-electron chi connectivity index (χ0n) is 24.0. The van der Waals surface area contributed by atoms with Gasteiger partial charge in [0.2, 0.25) is 0 Å². The lowest BCUT2D eigenvalue weighted by molar-refractivity contribution is -0.114. The molecular formula is C31H26FN11O2. The number of aryl methyl sites for hydroxylation is 2. The minimum Gasteiger partial charge on any atom is -0.383 e. The van der Waals surface area contributed by atoms with E-state index in [-0.39, 0.29) is 17.4 Å². The van der Waals surface area contributed by atoms with Crippen LogP contribution in [-0.2, 0) is 18.3 Å². The number of hydrogen-bond donors (Lipinski definition) is 3. The van der Waals surface area contributed by atoms with E-state index in [1.165, 1.54) is 10.9 Å². The number of anilines is 2. The standard InChI is InChI=1S/C31H26FN11O2/c1-17(32)30(44)38-24-16-41(2)40-26(24)31(45)37-22-9-6-18-15-19(7-8-20(18)22)43-28(21-5-3-12-34-27(21)33)36-23-10-11-25(39-29(23)43)42-14-4-13-35-42/h3-5,7-8,10-16,22H,1,6,9H2,2H3,(H2,33,34)(H,37,45)(H,38,44). The number of nitrogen functional groups attached to an aromatic ring is 1. The number of carbonyl (C=O) groups is 2. The quantitative estimate of drug-likeness (QED) is 0.232. The van der Waals surface area contributed by atoms with Crippen LogP contribution >= 0.6 is 0 Å². The van der Waals surface area contributed by atoms with Crippen molar-refractivity contribution in [2.24, 2.45) is 7.05 Å². The number of amides is 2. The van der Waals surface area contributed by atoms with Crippen LogP contribution in [0.4, 0.5) is 15.9 Å². The van der Waals surface area contributed by atoms with Gasteiger partial charge in [0.15, 0.2) is 28.8 Å². The highest BCUT2D eigenvalue weighted by molar-refractivity contribution is 6.06. The average Bonchev–Trinajstić information content (AvgIpc) is 3.83. The predicted molar refractivity (Wildman–Crippen MR) is 164 cm³/mol. The number of fused-ring (bicyclic) bond motifs is 2. The molecule has 14 heteroatoms. The lowest BCUT2D eigenvalue weighted by atomic mass is 10.1. The maximum atomic E-state index is 13.3. The Morgan fingerprint density at radius 2 is 1.98 bits per heavy atom. The molecule has 6 aromatic rings. The van der Waals surface area contributed by atoms with Crippen LogP contribution in [-0.4, -0.2) is 50.9 Å². The minimum absolute atomic E-state index is 0.0279. The molecule has 1 aromatic carbocycles. The van der Waals surface area contributed by atoms with E-state index in [0.29, 0.717) is 47.0 Å². The maximum absolute atomic E-state index is 13.3. The van der Waals surface area contributed by atoms with Crippen LogP contribution in [0.1, 0.15) is 34.1 Å². The van der Waals surface area contributed by atoms with Crippen molar-refractivity contribution in [1.82, 2.24) is 44.4 Å². The smallest absolute Gasteiger partial charge is 0.283 e. The fourth-order valence-corrected chi connectivity index (χ4v) is 5.57. The highest BCUT2D eigenvalue weighted by atomic mass is 19.1. The molecule has 0 aliphatic heterocycles. The summed E-state index contributed by atoms with van der Waals surface area (Å²) >= 11 is 0. The number of nitrogens with two attached hydrogens (primary N) is 1. The van der Waals surface area contributed by atoms with Gasteiger partial charge in [0, 0.05) is 37.5 Å². The number of carbonyl (C=O) groups excluding carboxylic acids is 2. The number of benzene rings is 1. The van der Waals surface area contributed by atoms with Crippen LogP contribution in [0.5, 0.6) is 0 Å². The normalized spacial score (nSPS) is 14.0. The van der Waals surface area contributed by atoms with E-state index in [2.05, 4.69) is 38.5 Å². The number of hydrogen-bond acceptors (Lipinski definition) is 8. The van der Waals surface area contributed by atoms with E-state index in [9.17, 15) is 14.0 Å². The number of nitrogens with zero attached hydrogens (tertiary/aromatic N) is 8. The minimum atomic E-state index is -1.17. The monoisotopic (exact) mass is 603 g/mol. The van der Waals surface area contributed by atoms with Gasteiger partial charge in [0.05, 0.1) is 17.3 Å². The molecule has 5 aromatic heterocycles. The van der Waals surface area contributed by atoms with Crippen LogP contribution in [0, 0.1) is 0 Å². The van der Waals surface area contributed by atoms with E-state index in [1.54, 1.807) is 30.2 Å². The summed E-state index contributed by atoms with van der Waals surface area (Å²) in [5.74, 6) is -1.15. The first kappa shape index (κ1) is 27.6. The van der Waals surface area contributed by atoms with Crippen molar-refractivity contribution < 1.29 is 14.0 Å². The Labute approximate surface area is 255 Å². The topological polar surface area (TPSA) is 163 Å². The Kier molecular flexibility index (Phi) is 6.65. The highest BCUT2D eigenvalue weighted by Crippen LogP contribution is 2.36. The Morgan fingerprint density at radius 1 is 1.11 bits per heavy atom. The van der Waals surface area contributed by atoms with Gasteiger partial charge in [-0.3, -0.25) is 18.8 Å². The first-order chi connectivity index (χ1) is 21.8. The number of nitrogens with one attached hydrogen (secondary N) is 2. The van der Waals surface area contributed by atoms with Gasteiger partial charge in [-0.1, -0.05) is 12.6 Å². The molecule has 1 atom stereocenters. The molecule has 13 nitrogen and oxygen atoms in total. The summed E-state index contributed by atoms with van der Waals surface area (Å²) in [4.78, 5) is 39.2. The predicted octanol–water partition coefficient (Wildman–Crippen LogP) is 3.82. The van der Waals surface area contributed by atoms with E-state index in [4.69, 9.17) is 15.7 Å². The summed E-state index contributed by atoms with van der Waals surface area (Å²) in [5, 5.41) is 13.8. The molecule has 45 heavy (non-hydrogen) atoms. The molecule has 0 saturated carbocycles. The summed E-state index contributed by atoms with van der Waals surface area (Å²) in [7, 11) is 1.60. The molecule has 0 bridgehead atoms. The molecule has 4 N–H and O–H groups in total. The van der Waals surface area contributed by atoms with Gasteiger partial charge in [-0.2, -0.15) is 10.2 Å². The summed E-state index contributed by atoms with van der Waals surface area (Å²) in [6.45, 7) is 3.00. The van der Waals surface area contributed by atoms with E-state index >= 15 is 0 Å². The second-order valence-electron chi connectivity index (χ2n) is 10.5. The summed E-state index contributed by atoms with van der Waals surface area (Å²) in [6, 6.07) is 14.9. The van der Waals surface area contributed by atoms with E-state index in [0.717, 1.165) is 16.8 Å². The van der Waals surface area contributed by atoms with Crippen molar-refractivity contribution in [3.8, 4) is 22.9 Å². The lowest BCUT2D eigenvalue weighted by Gasteiger charge is -2.16. The number of rotatable bonds is 7. The number of pyridine rings is 2. The van der Waals surface area contributed by atoms with Gasteiger partial charge >= 0.3 is 0 Å². The lowest BCUT2D eigenvalue weighted by Crippen LogP contribution is -2.28. The Balaban J connectivity index is 1.25. The summed E-state index contributed by atoms with van der Waals surface area (Å²) < 4.78 is 18.3. The molecular weight excluding hydrogens is 577 g/mol. The molecule has 0 saturated heterocycles. The third-order valence-corrected chi connectivity index (χ3v) is 7.61. The van der Waals surface area contributed by atoms with Gasteiger partial charge in [-0.25, -0.2) is 24.0 Å². The Bertz CT molecular complexity index is 2130. The third-order valence-electron chi connectivity index (χ3n) is 7.61. The van der Waals surface area contributed by atoms with Crippen molar-refractivity contribution in [3.05, 3.63) is 103 Å². The molecule has 0 spiro atoms. The van der Waals surface area contributed by atoms with Crippen LogP contribution in [0.2, 0.25) is 0 Å². The third kappa shape index (κ3) is 4.97. The van der Waals surface area contributed by atoms with Crippen molar-refractivity contribution in [3.63, 3.8) is 0 Å². The highest BCUT2D eigenvalue weighted by Gasteiger charge is 2.28.